The summed E-state index contributed by atoms with van der Waals surface area (Å²) < 4.78 is 11.0. The average Bonchev–Trinajstić information content (AvgIpc) is 2.81. The molecular formula is C24H35ClN4O3. The highest BCUT2D eigenvalue weighted by atomic mass is 35.5. The lowest BCUT2D eigenvalue weighted by Crippen LogP contribution is -2.47. The van der Waals surface area contributed by atoms with Crippen molar-refractivity contribution in [2.45, 2.75) is 6.42 Å². The minimum absolute atomic E-state index is 0. The number of hydrogen-bond acceptors (Lipinski definition) is 6. The van der Waals surface area contributed by atoms with Gasteiger partial charge in [0, 0.05) is 46.8 Å². The summed E-state index contributed by atoms with van der Waals surface area (Å²) in [7, 11) is 6.87. The quantitative estimate of drug-likeness (QED) is 0.576. The van der Waals surface area contributed by atoms with Crippen LogP contribution in [-0.2, 0) is 0 Å². The van der Waals surface area contributed by atoms with Gasteiger partial charge in [-0.05, 0) is 37.2 Å². The molecule has 0 unspecified atom stereocenters. The highest BCUT2D eigenvalue weighted by molar-refractivity contribution is 6.00. The van der Waals surface area contributed by atoms with Crippen molar-refractivity contribution in [1.29, 1.82) is 0 Å². The van der Waals surface area contributed by atoms with Crippen LogP contribution in [0.4, 0.5) is 11.4 Å². The van der Waals surface area contributed by atoms with Crippen LogP contribution in [0.25, 0.3) is 0 Å². The number of benzene rings is 2. The zero-order valence-corrected chi connectivity index (χ0v) is 20.3. The SMILES string of the molecule is COc1ccccc1N1CCN(CCCNc2c(OC)cccc2C(=O)N(C)C)CC1.Cl. The first kappa shape index (κ1) is 25.6. The van der Waals surface area contributed by atoms with Gasteiger partial charge in [-0.15, -0.1) is 12.4 Å². The number of hydrogen-bond donors (Lipinski definition) is 1. The predicted molar refractivity (Wildman–Crippen MR) is 133 cm³/mol. The fraction of sp³-hybridized carbons (Fsp3) is 0.458. The maximum Gasteiger partial charge on any atom is 0.255 e. The van der Waals surface area contributed by atoms with Crippen molar-refractivity contribution in [2.75, 3.05) is 77.8 Å². The Labute approximate surface area is 197 Å². The number of halogens is 1. The summed E-state index contributed by atoms with van der Waals surface area (Å²) in [5, 5.41) is 3.43. The first-order valence-corrected chi connectivity index (χ1v) is 10.8. The van der Waals surface area contributed by atoms with Crippen molar-refractivity contribution in [3.05, 3.63) is 48.0 Å². The van der Waals surface area contributed by atoms with Gasteiger partial charge in [-0.2, -0.15) is 0 Å². The van der Waals surface area contributed by atoms with Gasteiger partial charge in [0.25, 0.3) is 5.91 Å². The Morgan fingerprint density at radius 1 is 0.969 bits per heavy atom. The highest BCUT2D eigenvalue weighted by Crippen LogP contribution is 2.30. The largest absolute Gasteiger partial charge is 0.495 e. The summed E-state index contributed by atoms with van der Waals surface area (Å²) in [4.78, 5) is 19.0. The molecule has 0 atom stereocenters. The number of para-hydroxylation sites is 3. The highest BCUT2D eigenvalue weighted by Gasteiger charge is 2.20. The van der Waals surface area contributed by atoms with Gasteiger partial charge < -0.3 is 24.6 Å². The molecule has 2 aromatic carbocycles. The fourth-order valence-corrected chi connectivity index (χ4v) is 3.92. The Bertz CT molecular complexity index is 870. The van der Waals surface area contributed by atoms with E-state index in [4.69, 9.17) is 9.47 Å². The third-order valence-electron chi connectivity index (χ3n) is 5.63. The summed E-state index contributed by atoms with van der Waals surface area (Å²) in [6.07, 6.45) is 0.988. The number of nitrogens with zero attached hydrogens (tertiary/aromatic N) is 3. The molecule has 0 spiro atoms. The lowest BCUT2D eigenvalue weighted by atomic mass is 10.1. The summed E-state index contributed by atoms with van der Waals surface area (Å²) in [6, 6.07) is 13.8. The van der Waals surface area contributed by atoms with E-state index >= 15 is 0 Å². The van der Waals surface area contributed by atoms with Crippen LogP contribution in [0.15, 0.2) is 42.5 Å². The van der Waals surface area contributed by atoms with Crippen LogP contribution in [0.5, 0.6) is 11.5 Å². The van der Waals surface area contributed by atoms with Gasteiger partial charge in [0.1, 0.15) is 11.5 Å². The Balaban J connectivity index is 0.00000363. The van der Waals surface area contributed by atoms with E-state index in [9.17, 15) is 4.79 Å². The zero-order valence-electron chi connectivity index (χ0n) is 19.5. The second-order valence-corrected chi connectivity index (χ2v) is 7.86. The normalized spacial score (nSPS) is 13.8. The molecule has 1 aliphatic heterocycles. The van der Waals surface area contributed by atoms with Crippen molar-refractivity contribution in [3.63, 3.8) is 0 Å². The summed E-state index contributed by atoms with van der Waals surface area (Å²) >= 11 is 0. The van der Waals surface area contributed by atoms with Crippen molar-refractivity contribution >= 4 is 29.7 Å². The van der Waals surface area contributed by atoms with E-state index in [1.54, 1.807) is 33.2 Å². The number of nitrogens with one attached hydrogen (secondary N) is 1. The first-order chi connectivity index (χ1) is 15.0. The second kappa shape index (κ2) is 12.4. The summed E-state index contributed by atoms with van der Waals surface area (Å²) in [6.45, 7) is 5.82. The molecule has 1 saturated heterocycles. The zero-order chi connectivity index (χ0) is 22.2. The topological polar surface area (TPSA) is 57.3 Å². The smallest absolute Gasteiger partial charge is 0.255 e. The molecule has 1 fully saturated rings. The third-order valence-corrected chi connectivity index (χ3v) is 5.63. The molecule has 0 radical (unpaired) electrons. The first-order valence-electron chi connectivity index (χ1n) is 10.8. The van der Waals surface area contributed by atoms with Crippen LogP contribution in [0.1, 0.15) is 16.8 Å². The maximum absolute atomic E-state index is 12.5. The molecule has 8 heteroatoms. The Morgan fingerprint density at radius 2 is 1.62 bits per heavy atom. The third kappa shape index (κ3) is 6.20. The molecular weight excluding hydrogens is 428 g/mol. The minimum Gasteiger partial charge on any atom is -0.495 e. The van der Waals surface area contributed by atoms with Crippen LogP contribution in [0, 0.1) is 0 Å². The number of ether oxygens (including phenoxy) is 2. The Kier molecular flexibility index (Phi) is 9.94. The van der Waals surface area contributed by atoms with Crippen LogP contribution in [0.2, 0.25) is 0 Å². The van der Waals surface area contributed by atoms with Crippen LogP contribution < -0.4 is 19.7 Å². The molecule has 1 aliphatic rings. The molecule has 0 saturated carbocycles. The van der Waals surface area contributed by atoms with E-state index in [1.165, 1.54) is 5.69 Å². The van der Waals surface area contributed by atoms with E-state index in [-0.39, 0.29) is 18.3 Å². The molecule has 0 aliphatic carbocycles. The van der Waals surface area contributed by atoms with Crippen LogP contribution >= 0.6 is 12.4 Å². The van der Waals surface area contributed by atoms with E-state index in [0.29, 0.717) is 11.3 Å². The fourth-order valence-electron chi connectivity index (χ4n) is 3.92. The van der Waals surface area contributed by atoms with Gasteiger partial charge >= 0.3 is 0 Å². The molecule has 0 aromatic heterocycles. The van der Waals surface area contributed by atoms with E-state index in [2.05, 4.69) is 27.2 Å². The number of carbonyl (C=O) groups excluding carboxylic acids is 1. The lowest BCUT2D eigenvalue weighted by molar-refractivity contribution is 0.0828. The molecule has 32 heavy (non-hydrogen) atoms. The molecule has 1 heterocycles. The molecule has 3 rings (SSSR count). The number of methoxy groups -OCH3 is 2. The van der Waals surface area contributed by atoms with E-state index in [0.717, 1.165) is 57.1 Å². The standard InChI is InChI=1S/C24H34N4O3.ClH/c1-26(2)24(29)19-9-7-12-22(31-4)23(19)25-13-8-14-27-15-17-28(18-16-27)20-10-5-6-11-21(20)30-3;/h5-7,9-12,25H,8,13-18H2,1-4H3;1H. The monoisotopic (exact) mass is 462 g/mol. The summed E-state index contributed by atoms with van der Waals surface area (Å²) in [5.74, 6) is 1.59. The van der Waals surface area contributed by atoms with Gasteiger partial charge in [0.15, 0.2) is 0 Å². The maximum atomic E-state index is 12.5. The van der Waals surface area contributed by atoms with Crippen molar-refractivity contribution < 1.29 is 14.3 Å². The predicted octanol–water partition coefficient (Wildman–Crippen LogP) is 3.45. The van der Waals surface area contributed by atoms with Gasteiger partial charge in [0.05, 0.1) is 31.2 Å². The number of piperazine rings is 1. The van der Waals surface area contributed by atoms with Gasteiger partial charge in [-0.3, -0.25) is 9.69 Å². The van der Waals surface area contributed by atoms with Gasteiger partial charge in [-0.25, -0.2) is 0 Å². The molecule has 176 valence electrons. The van der Waals surface area contributed by atoms with Crippen molar-refractivity contribution in [3.8, 4) is 11.5 Å². The number of rotatable bonds is 9. The number of carbonyl (C=O) groups is 1. The van der Waals surface area contributed by atoms with Crippen LogP contribution in [-0.4, -0.2) is 83.3 Å². The van der Waals surface area contributed by atoms with E-state index in [1.807, 2.05) is 30.3 Å². The molecule has 2 aromatic rings. The van der Waals surface area contributed by atoms with Crippen molar-refractivity contribution in [2.24, 2.45) is 0 Å². The van der Waals surface area contributed by atoms with Crippen molar-refractivity contribution in [1.82, 2.24) is 9.80 Å². The second-order valence-electron chi connectivity index (χ2n) is 7.86. The van der Waals surface area contributed by atoms with E-state index < -0.39 is 0 Å². The molecule has 1 N–H and O–H groups in total. The average molecular weight is 463 g/mol. The Morgan fingerprint density at radius 3 is 2.28 bits per heavy atom. The minimum atomic E-state index is -0.0335. The molecule has 0 bridgehead atoms. The Hall–Kier alpha value is -2.64. The lowest BCUT2D eigenvalue weighted by Gasteiger charge is -2.36. The molecule has 1 amide bonds. The number of amides is 1. The molecule has 7 nitrogen and oxygen atoms in total. The summed E-state index contributed by atoms with van der Waals surface area (Å²) in [5.41, 5.74) is 2.57. The van der Waals surface area contributed by atoms with Gasteiger partial charge in [0.2, 0.25) is 0 Å². The van der Waals surface area contributed by atoms with Gasteiger partial charge in [-0.1, -0.05) is 18.2 Å². The van der Waals surface area contributed by atoms with Crippen LogP contribution in [0.3, 0.4) is 0 Å². The number of anilines is 2.